The van der Waals surface area contributed by atoms with Crippen LogP contribution in [0, 0.1) is 0 Å². The molecule has 0 atom stereocenters. The molecule has 0 aliphatic rings. The van der Waals surface area contributed by atoms with Gasteiger partial charge in [-0.3, -0.25) is 4.98 Å². The highest BCUT2D eigenvalue weighted by Gasteiger charge is 1.96. The Balaban J connectivity index is 1.94. The van der Waals surface area contributed by atoms with Crippen LogP contribution in [0.25, 0.3) is 6.08 Å². The Morgan fingerprint density at radius 3 is 2.68 bits per heavy atom. The fraction of sp³-hybridized carbons (Fsp3) is 0.0667. The topological polar surface area (TPSA) is 59.4 Å². The Hall–Kier alpha value is -2.62. The lowest BCUT2D eigenvalue weighted by molar-refractivity contribution is -0.131. The highest BCUT2D eigenvalue weighted by atomic mass is 16.5. The zero-order valence-corrected chi connectivity index (χ0v) is 10.2. The van der Waals surface area contributed by atoms with Gasteiger partial charge < -0.3 is 9.84 Å². The lowest BCUT2D eigenvalue weighted by Gasteiger charge is -2.05. The molecule has 1 aromatic carbocycles. The Kier molecular flexibility index (Phi) is 4.29. The molecule has 19 heavy (non-hydrogen) atoms. The number of hydrogen-bond donors (Lipinski definition) is 1. The van der Waals surface area contributed by atoms with E-state index >= 15 is 0 Å². The van der Waals surface area contributed by atoms with Crippen molar-refractivity contribution in [3.05, 3.63) is 66.0 Å². The maximum absolute atomic E-state index is 10.4. The van der Waals surface area contributed by atoms with Crippen LogP contribution in [0.3, 0.4) is 0 Å². The van der Waals surface area contributed by atoms with Crippen molar-refractivity contribution in [2.24, 2.45) is 0 Å². The van der Waals surface area contributed by atoms with E-state index in [0.29, 0.717) is 6.61 Å². The van der Waals surface area contributed by atoms with E-state index in [4.69, 9.17) is 9.84 Å². The number of nitrogens with zero attached hydrogens (tertiary/aromatic N) is 1. The van der Waals surface area contributed by atoms with Crippen molar-refractivity contribution in [3.8, 4) is 5.75 Å². The van der Waals surface area contributed by atoms with Crippen molar-refractivity contribution in [3.63, 3.8) is 0 Å². The van der Waals surface area contributed by atoms with Crippen LogP contribution in [0.15, 0.2) is 54.9 Å². The summed E-state index contributed by atoms with van der Waals surface area (Å²) in [7, 11) is 0. The van der Waals surface area contributed by atoms with Gasteiger partial charge >= 0.3 is 5.97 Å². The smallest absolute Gasteiger partial charge is 0.328 e. The summed E-state index contributed by atoms with van der Waals surface area (Å²) in [5.74, 6) is -0.228. The average Bonchev–Trinajstić information content (AvgIpc) is 2.45. The molecule has 96 valence electrons. The van der Waals surface area contributed by atoms with Crippen LogP contribution >= 0.6 is 0 Å². The third-order valence-corrected chi connectivity index (χ3v) is 2.43. The number of rotatable bonds is 5. The predicted molar refractivity (Wildman–Crippen MR) is 71.7 cm³/mol. The number of hydrogen-bond acceptors (Lipinski definition) is 3. The molecule has 0 aliphatic carbocycles. The van der Waals surface area contributed by atoms with Gasteiger partial charge in [-0.2, -0.15) is 0 Å². The molecular formula is C15H13NO3. The Morgan fingerprint density at radius 1 is 1.26 bits per heavy atom. The summed E-state index contributed by atoms with van der Waals surface area (Å²) < 4.78 is 5.59. The summed E-state index contributed by atoms with van der Waals surface area (Å²) in [4.78, 5) is 14.4. The van der Waals surface area contributed by atoms with Crippen molar-refractivity contribution in [2.45, 2.75) is 6.61 Å². The van der Waals surface area contributed by atoms with E-state index in [-0.39, 0.29) is 0 Å². The standard InChI is InChI=1S/C15H13NO3/c17-15(18)8-5-12-3-6-14(7-4-12)19-11-13-2-1-9-16-10-13/h1-10H,11H2,(H,17,18)/b8-5+. The molecule has 0 unspecified atom stereocenters. The highest BCUT2D eigenvalue weighted by molar-refractivity contribution is 5.85. The summed E-state index contributed by atoms with van der Waals surface area (Å²) >= 11 is 0. The van der Waals surface area contributed by atoms with Gasteiger partial charge in [-0.05, 0) is 29.8 Å². The number of benzene rings is 1. The second kappa shape index (κ2) is 6.35. The molecule has 2 aromatic rings. The molecule has 4 heteroatoms. The van der Waals surface area contributed by atoms with Crippen molar-refractivity contribution < 1.29 is 14.6 Å². The molecule has 0 spiro atoms. The number of pyridine rings is 1. The third-order valence-electron chi connectivity index (χ3n) is 2.43. The predicted octanol–water partition coefficient (Wildman–Crippen LogP) is 2.76. The first kappa shape index (κ1) is 12.8. The molecule has 0 saturated heterocycles. The minimum Gasteiger partial charge on any atom is -0.489 e. The molecule has 1 heterocycles. The van der Waals surface area contributed by atoms with Crippen LogP contribution in [0.1, 0.15) is 11.1 Å². The van der Waals surface area contributed by atoms with Crippen LogP contribution in [0.5, 0.6) is 5.75 Å². The maximum Gasteiger partial charge on any atom is 0.328 e. The van der Waals surface area contributed by atoms with Gasteiger partial charge in [0.1, 0.15) is 12.4 Å². The maximum atomic E-state index is 10.4. The molecule has 0 fully saturated rings. The van der Waals surface area contributed by atoms with Crippen LogP contribution in [0.2, 0.25) is 0 Å². The molecule has 1 aromatic heterocycles. The van der Waals surface area contributed by atoms with Crippen molar-refractivity contribution in [1.29, 1.82) is 0 Å². The minimum absolute atomic E-state index is 0.456. The molecule has 0 bridgehead atoms. The SMILES string of the molecule is O=C(O)/C=C/c1ccc(OCc2cccnc2)cc1. The average molecular weight is 255 g/mol. The van der Waals surface area contributed by atoms with Crippen molar-refractivity contribution in [2.75, 3.05) is 0 Å². The molecule has 0 aliphatic heterocycles. The van der Waals surface area contributed by atoms with Crippen LogP contribution < -0.4 is 4.74 Å². The van der Waals surface area contributed by atoms with Gasteiger partial charge in [-0.1, -0.05) is 18.2 Å². The largest absolute Gasteiger partial charge is 0.489 e. The number of carbonyl (C=O) groups is 1. The zero-order valence-electron chi connectivity index (χ0n) is 10.2. The molecule has 2 rings (SSSR count). The Bertz CT molecular complexity index is 562. The lowest BCUT2D eigenvalue weighted by Crippen LogP contribution is -1.95. The highest BCUT2D eigenvalue weighted by Crippen LogP contribution is 2.14. The van der Waals surface area contributed by atoms with Gasteiger partial charge in [0, 0.05) is 24.0 Å². The first-order valence-corrected chi connectivity index (χ1v) is 5.77. The number of aliphatic carboxylic acids is 1. The first-order valence-electron chi connectivity index (χ1n) is 5.77. The van der Waals surface area contributed by atoms with Gasteiger partial charge in [-0.25, -0.2) is 4.79 Å². The summed E-state index contributed by atoms with van der Waals surface area (Å²) in [5.41, 5.74) is 1.81. The van der Waals surface area contributed by atoms with E-state index in [0.717, 1.165) is 23.0 Å². The van der Waals surface area contributed by atoms with Gasteiger partial charge in [0.25, 0.3) is 0 Å². The summed E-state index contributed by atoms with van der Waals surface area (Å²) in [6, 6.07) is 11.0. The summed E-state index contributed by atoms with van der Waals surface area (Å²) in [6.07, 6.45) is 6.11. The first-order chi connectivity index (χ1) is 9.24. The van der Waals surface area contributed by atoms with Gasteiger partial charge in [0.2, 0.25) is 0 Å². The van der Waals surface area contributed by atoms with Gasteiger partial charge in [0.15, 0.2) is 0 Å². The Morgan fingerprint density at radius 2 is 2.05 bits per heavy atom. The normalized spacial score (nSPS) is 10.5. The van der Waals surface area contributed by atoms with E-state index in [1.807, 2.05) is 12.1 Å². The fourth-order valence-corrected chi connectivity index (χ4v) is 1.49. The molecule has 0 amide bonds. The minimum atomic E-state index is -0.961. The number of carboxylic acids is 1. The third kappa shape index (κ3) is 4.27. The second-order valence-corrected chi connectivity index (χ2v) is 3.89. The van der Waals surface area contributed by atoms with Crippen LogP contribution in [-0.4, -0.2) is 16.1 Å². The number of carboxylic acid groups (broad SMARTS) is 1. The summed E-state index contributed by atoms with van der Waals surface area (Å²) in [6.45, 7) is 0.456. The van der Waals surface area contributed by atoms with Crippen LogP contribution in [-0.2, 0) is 11.4 Å². The Labute approximate surface area is 111 Å². The molecule has 0 saturated carbocycles. The quantitative estimate of drug-likeness (QED) is 0.834. The molecule has 4 nitrogen and oxygen atoms in total. The monoisotopic (exact) mass is 255 g/mol. The fourth-order valence-electron chi connectivity index (χ4n) is 1.49. The van der Waals surface area contributed by atoms with E-state index in [2.05, 4.69) is 4.98 Å². The second-order valence-electron chi connectivity index (χ2n) is 3.89. The molecule has 1 N–H and O–H groups in total. The lowest BCUT2D eigenvalue weighted by atomic mass is 10.2. The number of aromatic nitrogens is 1. The van der Waals surface area contributed by atoms with Gasteiger partial charge in [-0.15, -0.1) is 0 Å². The zero-order chi connectivity index (χ0) is 13.5. The van der Waals surface area contributed by atoms with E-state index < -0.39 is 5.97 Å². The molecule has 0 radical (unpaired) electrons. The molecular weight excluding hydrogens is 242 g/mol. The number of ether oxygens (including phenoxy) is 1. The van der Waals surface area contributed by atoms with E-state index in [1.165, 1.54) is 6.08 Å². The van der Waals surface area contributed by atoms with Crippen molar-refractivity contribution >= 4 is 12.0 Å². The summed E-state index contributed by atoms with van der Waals surface area (Å²) in [5, 5.41) is 8.52. The van der Waals surface area contributed by atoms with E-state index in [9.17, 15) is 4.79 Å². The van der Waals surface area contributed by atoms with Crippen LogP contribution in [0.4, 0.5) is 0 Å². The van der Waals surface area contributed by atoms with E-state index in [1.54, 1.807) is 36.7 Å². The van der Waals surface area contributed by atoms with Crippen molar-refractivity contribution in [1.82, 2.24) is 4.98 Å². The van der Waals surface area contributed by atoms with Gasteiger partial charge in [0.05, 0.1) is 0 Å².